The molecule has 21 heavy (non-hydrogen) atoms. The van der Waals surface area contributed by atoms with Gasteiger partial charge < -0.3 is 20.0 Å². The van der Waals surface area contributed by atoms with E-state index in [0.717, 1.165) is 5.75 Å². The van der Waals surface area contributed by atoms with Crippen LogP contribution in [0.4, 0.5) is 0 Å². The van der Waals surface area contributed by atoms with E-state index < -0.39 is 5.97 Å². The van der Waals surface area contributed by atoms with E-state index >= 15 is 0 Å². The maximum absolute atomic E-state index is 11.3. The van der Waals surface area contributed by atoms with E-state index in [1.807, 2.05) is 24.3 Å². The Labute approximate surface area is 125 Å². The molecule has 0 bridgehead atoms. The second-order valence-electron chi connectivity index (χ2n) is 5.84. The molecule has 0 aliphatic rings. The third-order valence-electron chi connectivity index (χ3n) is 2.97. The van der Waals surface area contributed by atoms with Gasteiger partial charge in [0.15, 0.2) is 0 Å². The van der Waals surface area contributed by atoms with Gasteiger partial charge in [0.1, 0.15) is 12.4 Å². The summed E-state index contributed by atoms with van der Waals surface area (Å²) >= 11 is 0. The molecule has 0 heterocycles. The molecule has 1 N–H and O–H groups in total. The van der Waals surface area contributed by atoms with E-state index in [1.165, 1.54) is 5.56 Å². The minimum Gasteiger partial charge on any atom is -0.550 e. The third-order valence-corrected chi connectivity index (χ3v) is 2.97. The topological polar surface area (TPSA) is 78.5 Å². The van der Waals surface area contributed by atoms with Gasteiger partial charge in [-0.15, -0.1) is 0 Å². The van der Waals surface area contributed by atoms with Crippen molar-refractivity contribution in [1.29, 1.82) is 0 Å². The lowest BCUT2D eigenvalue weighted by Crippen LogP contribution is -2.30. The second-order valence-corrected chi connectivity index (χ2v) is 5.84. The van der Waals surface area contributed by atoms with Crippen LogP contribution in [-0.2, 0) is 15.0 Å². The summed E-state index contributed by atoms with van der Waals surface area (Å²) in [7, 11) is 0. The summed E-state index contributed by atoms with van der Waals surface area (Å²) in [4.78, 5) is 21.5. The molecule has 5 heteroatoms. The largest absolute Gasteiger partial charge is 0.550 e. The lowest BCUT2D eigenvalue weighted by molar-refractivity contribution is -0.305. The summed E-state index contributed by atoms with van der Waals surface area (Å²) in [6.45, 7) is 7.11. The quantitative estimate of drug-likeness (QED) is 0.761. The predicted octanol–water partition coefficient (Wildman–Crippen LogP) is 1.01. The normalized spacial score (nSPS) is 11.0. The van der Waals surface area contributed by atoms with E-state index in [4.69, 9.17) is 4.74 Å². The van der Waals surface area contributed by atoms with Gasteiger partial charge in [-0.2, -0.15) is 0 Å². The van der Waals surface area contributed by atoms with E-state index in [1.54, 1.807) is 0 Å². The molecular weight excluding hydrogens is 270 g/mol. The lowest BCUT2D eigenvalue weighted by atomic mass is 9.87. The number of benzene rings is 1. The number of rotatable bonds is 7. The molecule has 0 saturated heterocycles. The molecule has 0 spiro atoms. The number of nitrogens with one attached hydrogen (secondary N) is 1. The first kappa shape index (κ1) is 17.0. The summed E-state index contributed by atoms with van der Waals surface area (Å²) in [5.74, 6) is -0.793. The highest BCUT2D eigenvalue weighted by molar-refractivity contribution is 5.79. The molecule has 0 aromatic heterocycles. The van der Waals surface area contributed by atoms with Gasteiger partial charge in [-0.1, -0.05) is 32.9 Å². The van der Waals surface area contributed by atoms with Crippen molar-refractivity contribution in [3.8, 4) is 5.75 Å². The molecule has 0 aliphatic heterocycles. The summed E-state index contributed by atoms with van der Waals surface area (Å²) in [6, 6.07) is 7.85. The second kappa shape index (κ2) is 7.67. The Balaban J connectivity index is 2.27. The average Bonchev–Trinajstić information content (AvgIpc) is 2.41. The SMILES string of the molecule is CC(C)(C)c1ccc(OCCNC(=O)CCC(=O)[O-])cc1. The molecular formula is C16H22NO4-. The fraction of sp³-hybridized carbons (Fsp3) is 0.500. The van der Waals surface area contributed by atoms with Gasteiger partial charge in [-0.25, -0.2) is 0 Å². The highest BCUT2D eigenvalue weighted by atomic mass is 16.5. The van der Waals surface area contributed by atoms with Crippen LogP contribution >= 0.6 is 0 Å². The van der Waals surface area contributed by atoms with Crippen LogP contribution < -0.4 is 15.2 Å². The Morgan fingerprint density at radius 3 is 2.29 bits per heavy atom. The first-order valence-electron chi connectivity index (χ1n) is 6.99. The summed E-state index contributed by atoms with van der Waals surface area (Å²) in [6.07, 6.45) is -0.330. The Morgan fingerprint density at radius 2 is 1.76 bits per heavy atom. The molecule has 0 atom stereocenters. The summed E-state index contributed by atoms with van der Waals surface area (Å²) in [5, 5.41) is 12.8. The average molecular weight is 292 g/mol. The molecule has 5 nitrogen and oxygen atoms in total. The fourth-order valence-corrected chi connectivity index (χ4v) is 1.71. The van der Waals surface area contributed by atoms with Crippen molar-refractivity contribution in [3.05, 3.63) is 29.8 Å². The Bertz CT molecular complexity index is 474. The van der Waals surface area contributed by atoms with E-state index in [0.29, 0.717) is 13.2 Å². The Hall–Kier alpha value is -2.04. The number of ether oxygens (including phenoxy) is 1. The maximum Gasteiger partial charge on any atom is 0.220 e. The minimum atomic E-state index is -1.22. The Kier molecular flexibility index (Phi) is 6.21. The van der Waals surface area contributed by atoms with Crippen molar-refractivity contribution in [2.24, 2.45) is 0 Å². The van der Waals surface area contributed by atoms with E-state index in [9.17, 15) is 14.7 Å². The number of carboxylic acids is 1. The molecule has 0 unspecified atom stereocenters. The fourth-order valence-electron chi connectivity index (χ4n) is 1.71. The molecule has 0 fully saturated rings. The van der Waals surface area contributed by atoms with Crippen molar-refractivity contribution in [2.45, 2.75) is 39.0 Å². The van der Waals surface area contributed by atoms with Gasteiger partial charge in [0.2, 0.25) is 5.91 Å². The number of carbonyl (C=O) groups excluding carboxylic acids is 2. The van der Waals surface area contributed by atoms with Crippen LogP contribution in [0.1, 0.15) is 39.2 Å². The molecule has 1 rings (SSSR count). The summed E-state index contributed by atoms with van der Waals surface area (Å²) < 4.78 is 5.51. The zero-order valence-corrected chi connectivity index (χ0v) is 12.8. The smallest absolute Gasteiger partial charge is 0.220 e. The van der Waals surface area contributed by atoms with Crippen molar-refractivity contribution in [1.82, 2.24) is 5.32 Å². The summed E-state index contributed by atoms with van der Waals surface area (Å²) in [5.41, 5.74) is 1.33. The number of aliphatic carboxylic acids is 1. The Morgan fingerprint density at radius 1 is 1.14 bits per heavy atom. The standard InChI is InChI=1S/C16H23NO4/c1-16(2,3)12-4-6-13(7-5-12)21-11-10-17-14(18)8-9-15(19)20/h4-7H,8-11H2,1-3H3,(H,17,18)(H,19,20)/p-1. The van der Waals surface area contributed by atoms with Crippen LogP contribution in [0.5, 0.6) is 5.75 Å². The highest BCUT2D eigenvalue weighted by Crippen LogP contribution is 2.24. The molecule has 1 aromatic carbocycles. The molecule has 1 amide bonds. The van der Waals surface area contributed by atoms with Crippen molar-refractivity contribution in [3.63, 3.8) is 0 Å². The molecule has 0 radical (unpaired) electrons. The van der Waals surface area contributed by atoms with Gasteiger partial charge in [0.25, 0.3) is 0 Å². The van der Waals surface area contributed by atoms with Gasteiger partial charge in [-0.3, -0.25) is 4.79 Å². The monoisotopic (exact) mass is 292 g/mol. The first-order valence-corrected chi connectivity index (χ1v) is 6.99. The lowest BCUT2D eigenvalue weighted by Gasteiger charge is -2.19. The van der Waals surface area contributed by atoms with Gasteiger partial charge in [-0.05, 0) is 29.5 Å². The van der Waals surface area contributed by atoms with Gasteiger partial charge >= 0.3 is 0 Å². The van der Waals surface area contributed by atoms with E-state index in [-0.39, 0.29) is 24.2 Å². The van der Waals surface area contributed by atoms with Crippen LogP contribution in [0.25, 0.3) is 0 Å². The number of carbonyl (C=O) groups is 2. The van der Waals surface area contributed by atoms with E-state index in [2.05, 4.69) is 26.1 Å². The van der Waals surface area contributed by atoms with Crippen LogP contribution in [-0.4, -0.2) is 25.0 Å². The number of carboxylic acid groups (broad SMARTS) is 1. The number of hydrogen-bond acceptors (Lipinski definition) is 4. The van der Waals surface area contributed by atoms with Crippen LogP contribution in [0, 0.1) is 0 Å². The minimum absolute atomic E-state index is 0.0669. The molecule has 0 saturated carbocycles. The first-order chi connectivity index (χ1) is 9.79. The van der Waals surface area contributed by atoms with Crippen molar-refractivity contribution < 1.29 is 19.4 Å². The molecule has 1 aromatic rings. The number of amides is 1. The van der Waals surface area contributed by atoms with Crippen molar-refractivity contribution in [2.75, 3.05) is 13.2 Å². The highest BCUT2D eigenvalue weighted by Gasteiger charge is 2.12. The predicted molar refractivity (Wildman–Crippen MR) is 77.9 cm³/mol. The molecule has 116 valence electrons. The van der Waals surface area contributed by atoms with Crippen LogP contribution in [0.3, 0.4) is 0 Å². The van der Waals surface area contributed by atoms with Gasteiger partial charge in [0, 0.05) is 12.4 Å². The van der Waals surface area contributed by atoms with Gasteiger partial charge in [0.05, 0.1) is 6.54 Å². The third kappa shape index (κ3) is 6.79. The van der Waals surface area contributed by atoms with Crippen LogP contribution in [0.15, 0.2) is 24.3 Å². The van der Waals surface area contributed by atoms with Crippen LogP contribution in [0.2, 0.25) is 0 Å². The zero-order valence-electron chi connectivity index (χ0n) is 12.8. The zero-order chi connectivity index (χ0) is 15.9. The maximum atomic E-state index is 11.3. The molecule has 0 aliphatic carbocycles. The number of hydrogen-bond donors (Lipinski definition) is 1. The van der Waals surface area contributed by atoms with Crippen molar-refractivity contribution >= 4 is 11.9 Å².